The molecule has 1 nitrogen and oxygen atoms in total. The third-order valence-electron chi connectivity index (χ3n) is 7.49. The van der Waals surface area contributed by atoms with Crippen LogP contribution in [0.2, 0.25) is 0 Å². The molecule has 0 radical (unpaired) electrons. The maximum absolute atomic E-state index is 15.1. The van der Waals surface area contributed by atoms with Crippen LogP contribution in [0.4, 0.5) is 26.3 Å². The molecule has 0 spiro atoms. The standard InChI is InChI=1S/C32H32F6O/c1-3-5-7-23-14-12-22(18-39-23)24-16-17-26(32(38)30(24)36)25-15-13-21(29(35)31(25)37)11-10-20-9-8-19(6-4-2)27(33)28(20)34/h3,8-9,13,15-17,22-23H,1,4-7,10-12,14,18H2,2H3. The summed E-state index contributed by atoms with van der Waals surface area (Å²) in [5, 5.41) is 0. The molecule has 208 valence electrons. The van der Waals surface area contributed by atoms with E-state index >= 15 is 13.2 Å². The summed E-state index contributed by atoms with van der Waals surface area (Å²) in [5.74, 6) is -7.16. The maximum atomic E-state index is 15.1. The van der Waals surface area contributed by atoms with E-state index in [1.165, 1.54) is 36.4 Å². The van der Waals surface area contributed by atoms with Crippen LogP contribution >= 0.6 is 0 Å². The summed E-state index contributed by atoms with van der Waals surface area (Å²) < 4.78 is 94.7. The SMILES string of the molecule is C=CCCC1CCC(c2ccc(-c3ccc(CCc4ccc(CCC)c(F)c4F)c(F)c3F)c(F)c2F)CO1. The van der Waals surface area contributed by atoms with Crippen molar-refractivity contribution in [3.05, 3.63) is 106 Å². The van der Waals surface area contributed by atoms with Crippen LogP contribution in [0.5, 0.6) is 0 Å². The van der Waals surface area contributed by atoms with Crippen molar-refractivity contribution in [3.63, 3.8) is 0 Å². The van der Waals surface area contributed by atoms with Crippen LogP contribution in [0.3, 0.4) is 0 Å². The Balaban J connectivity index is 1.50. The molecule has 1 saturated heterocycles. The number of halogens is 6. The molecule has 0 N–H and O–H groups in total. The van der Waals surface area contributed by atoms with Gasteiger partial charge in [0.1, 0.15) is 0 Å². The Hall–Kier alpha value is -3.06. The lowest BCUT2D eigenvalue weighted by Crippen LogP contribution is -2.25. The minimum atomic E-state index is -1.32. The highest BCUT2D eigenvalue weighted by Gasteiger charge is 2.28. The highest BCUT2D eigenvalue weighted by atomic mass is 19.2. The molecule has 4 rings (SSSR count). The third-order valence-corrected chi connectivity index (χ3v) is 7.49. The van der Waals surface area contributed by atoms with E-state index in [1.54, 1.807) is 0 Å². The zero-order chi connectivity index (χ0) is 28.1. The molecule has 7 heteroatoms. The first kappa shape index (κ1) is 28.9. The van der Waals surface area contributed by atoms with E-state index in [0.717, 1.165) is 12.8 Å². The minimum Gasteiger partial charge on any atom is -0.378 e. The van der Waals surface area contributed by atoms with Crippen molar-refractivity contribution < 1.29 is 31.1 Å². The molecule has 3 aromatic carbocycles. The quantitative estimate of drug-likeness (QED) is 0.182. The molecular formula is C32H32F6O. The molecule has 0 aliphatic carbocycles. The van der Waals surface area contributed by atoms with Gasteiger partial charge in [-0.25, -0.2) is 26.3 Å². The summed E-state index contributed by atoms with van der Waals surface area (Å²) in [6, 6.07) is 8.04. The predicted molar refractivity (Wildman–Crippen MR) is 141 cm³/mol. The van der Waals surface area contributed by atoms with Gasteiger partial charge in [0.15, 0.2) is 34.9 Å². The second-order valence-electron chi connectivity index (χ2n) is 10.1. The average Bonchev–Trinajstić information content (AvgIpc) is 2.94. The molecule has 0 saturated carbocycles. The number of hydrogen-bond acceptors (Lipinski definition) is 1. The van der Waals surface area contributed by atoms with E-state index in [2.05, 4.69) is 6.58 Å². The second-order valence-corrected chi connectivity index (χ2v) is 10.1. The lowest BCUT2D eigenvalue weighted by atomic mass is 9.88. The van der Waals surface area contributed by atoms with Crippen molar-refractivity contribution in [2.75, 3.05) is 6.61 Å². The molecule has 39 heavy (non-hydrogen) atoms. The first-order valence-electron chi connectivity index (χ1n) is 13.4. The predicted octanol–water partition coefficient (Wildman–Crippen LogP) is 9.15. The Kier molecular flexibility index (Phi) is 9.54. The monoisotopic (exact) mass is 546 g/mol. The lowest BCUT2D eigenvalue weighted by Gasteiger charge is -2.29. The van der Waals surface area contributed by atoms with Crippen LogP contribution in [0, 0.1) is 34.9 Å². The van der Waals surface area contributed by atoms with Gasteiger partial charge in [-0.2, -0.15) is 0 Å². The summed E-state index contributed by atoms with van der Waals surface area (Å²) in [6.45, 7) is 5.80. The van der Waals surface area contributed by atoms with Crippen LogP contribution < -0.4 is 0 Å². The fraction of sp³-hybridized carbons (Fsp3) is 0.375. The van der Waals surface area contributed by atoms with E-state index in [0.29, 0.717) is 25.7 Å². The first-order valence-corrected chi connectivity index (χ1v) is 13.4. The number of hydrogen-bond donors (Lipinski definition) is 0. The second kappa shape index (κ2) is 12.9. The van der Waals surface area contributed by atoms with E-state index < -0.39 is 40.5 Å². The topological polar surface area (TPSA) is 9.23 Å². The van der Waals surface area contributed by atoms with Gasteiger partial charge in [0, 0.05) is 17.0 Å². The molecule has 0 bridgehead atoms. The molecule has 2 atom stereocenters. The van der Waals surface area contributed by atoms with Crippen molar-refractivity contribution in [1.29, 1.82) is 0 Å². The van der Waals surface area contributed by atoms with Gasteiger partial charge in [-0.1, -0.05) is 55.8 Å². The van der Waals surface area contributed by atoms with Gasteiger partial charge in [-0.15, -0.1) is 6.58 Å². The summed E-state index contributed by atoms with van der Waals surface area (Å²) in [6.07, 6.45) is 5.74. The fourth-order valence-electron chi connectivity index (χ4n) is 5.22. The molecule has 3 aromatic rings. The molecule has 1 heterocycles. The molecular weight excluding hydrogens is 514 g/mol. The Bertz CT molecular complexity index is 1330. The smallest absolute Gasteiger partial charge is 0.167 e. The minimum absolute atomic E-state index is 0.0537. The van der Waals surface area contributed by atoms with Crippen LogP contribution in [0.15, 0.2) is 49.1 Å². The highest BCUT2D eigenvalue weighted by molar-refractivity contribution is 5.66. The molecule has 1 aliphatic heterocycles. The van der Waals surface area contributed by atoms with E-state index in [9.17, 15) is 13.2 Å². The van der Waals surface area contributed by atoms with E-state index in [4.69, 9.17) is 4.74 Å². The zero-order valence-electron chi connectivity index (χ0n) is 21.9. The van der Waals surface area contributed by atoms with Crippen molar-refractivity contribution >= 4 is 0 Å². The van der Waals surface area contributed by atoms with Gasteiger partial charge in [0.05, 0.1) is 12.7 Å². The molecule has 1 fully saturated rings. The lowest BCUT2D eigenvalue weighted by molar-refractivity contribution is -0.000882. The van der Waals surface area contributed by atoms with Gasteiger partial charge in [0.2, 0.25) is 0 Å². The highest BCUT2D eigenvalue weighted by Crippen LogP contribution is 2.36. The van der Waals surface area contributed by atoms with Gasteiger partial charge < -0.3 is 4.74 Å². The van der Waals surface area contributed by atoms with Crippen LogP contribution in [-0.2, 0) is 24.0 Å². The van der Waals surface area contributed by atoms with Crippen LogP contribution in [-0.4, -0.2) is 12.7 Å². The Morgan fingerprint density at radius 1 is 0.718 bits per heavy atom. The third kappa shape index (κ3) is 6.24. The van der Waals surface area contributed by atoms with Crippen molar-refractivity contribution in [1.82, 2.24) is 0 Å². The number of rotatable bonds is 10. The summed E-state index contributed by atoms with van der Waals surface area (Å²) in [5.41, 5.74) is -0.404. The van der Waals surface area contributed by atoms with E-state index in [1.807, 2.05) is 13.0 Å². The normalized spacial score (nSPS) is 17.4. The molecule has 0 amide bonds. The summed E-state index contributed by atoms with van der Waals surface area (Å²) in [4.78, 5) is 0. The Morgan fingerprint density at radius 3 is 1.82 bits per heavy atom. The van der Waals surface area contributed by atoms with Crippen molar-refractivity contribution in [2.45, 2.75) is 70.3 Å². The zero-order valence-corrected chi connectivity index (χ0v) is 21.9. The maximum Gasteiger partial charge on any atom is 0.167 e. The van der Waals surface area contributed by atoms with Gasteiger partial charge in [-0.05, 0) is 67.2 Å². The Labute approximate surface area is 225 Å². The summed E-state index contributed by atoms with van der Waals surface area (Å²) >= 11 is 0. The molecule has 0 aromatic heterocycles. The van der Waals surface area contributed by atoms with Crippen LogP contribution in [0.1, 0.15) is 67.2 Å². The summed E-state index contributed by atoms with van der Waals surface area (Å²) in [7, 11) is 0. The molecule has 1 aliphatic rings. The van der Waals surface area contributed by atoms with Crippen molar-refractivity contribution in [3.8, 4) is 11.1 Å². The fourth-order valence-corrected chi connectivity index (χ4v) is 5.22. The van der Waals surface area contributed by atoms with Gasteiger partial charge in [-0.3, -0.25) is 0 Å². The van der Waals surface area contributed by atoms with Crippen molar-refractivity contribution in [2.24, 2.45) is 0 Å². The first-order chi connectivity index (χ1) is 18.8. The molecule has 2 unspecified atom stereocenters. The van der Waals surface area contributed by atoms with Gasteiger partial charge in [0.25, 0.3) is 0 Å². The van der Waals surface area contributed by atoms with Crippen LogP contribution in [0.25, 0.3) is 11.1 Å². The number of ether oxygens (including phenoxy) is 1. The average molecular weight is 547 g/mol. The number of benzene rings is 3. The number of aryl methyl sites for hydroxylation is 3. The van der Waals surface area contributed by atoms with Gasteiger partial charge >= 0.3 is 0 Å². The number of allylic oxidation sites excluding steroid dienone is 1. The Morgan fingerprint density at radius 2 is 1.26 bits per heavy atom. The van der Waals surface area contributed by atoms with E-state index in [-0.39, 0.29) is 59.3 Å². The largest absolute Gasteiger partial charge is 0.378 e.